The molecule has 16 heavy (non-hydrogen) atoms. The van der Waals surface area contributed by atoms with Gasteiger partial charge >= 0.3 is 0 Å². The number of carbonyl (C=O) groups is 1. The molecular weight excluding hydrogens is 200 g/mol. The fourth-order valence-electron chi connectivity index (χ4n) is 1.62. The molecule has 0 N–H and O–H groups in total. The SMILES string of the molecule is CCCC/C=C\CCCCCCCC(=O)[O-]. The Labute approximate surface area is 99.7 Å². The number of allylic oxidation sites excluding steroid dienone is 2. The molecule has 0 unspecified atom stereocenters. The van der Waals surface area contributed by atoms with Gasteiger partial charge in [-0.2, -0.15) is 0 Å². The van der Waals surface area contributed by atoms with E-state index in [-0.39, 0.29) is 6.42 Å². The topological polar surface area (TPSA) is 40.1 Å². The Morgan fingerprint density at radius 1 is 0.938 bits per heavy atom. The van der Waals surface area contributed by atoms with Crippen molar-refractivity contribution in [2.45, 2.75) is 71.1 Å². The Kier molecular flexibility index (Phi) is 11.7. The zero-order valence-corrected chi connectivity index (χ0v) is 10.5. The highest BCUT2D eigenvalue weighted by atomic mass is 16.4. The normalized spacial score (nSPS) is 11.1. The molecule has 0 amide bonds. The second kappa shape index (κ2) is 12.3. The summed E-state index contributed by atoms with van der Waals surface area (Å²) in [6, 6.07) is 0. The summed E-state index contributed by atoms with van der Waals surface area (Å²) < 4.78 is 0. The fraction of sp³-hybridized carbons (Fsp3) is 0.786. The summed E-state index contributed by atoms with van der Waals surface area (Å²) in [5, 5.41) is 10.1. The molecule has 0 atom stereocenters. The first-order valence-corrected chi connectivity index (χ1v) is 6.62. The molecule has 0 aliphatic carbocycles. The van der Waals surface area contributed by atoms with Crippen molar-refractivity contribution >= 4 is 5.97 Å². The van der Waals surface area contributed by atoms with E-state index >= 15 is 0 Å². The standard InChI is InChI=1S/C14H26O2/c1-2-3-4-5-6-7-8-9-10-11-12-13-14(15)16/h5-6H,2-4,7-13H2,1H3,(H,15,16)/p-1/b6-5-. The van der Waals surface area contributed by atoms with E-state index in [4.69, 9.17) is 0 Å². The van der Waals surface area contributed by atoms with Crippen LogP contribution < -0.4 is 5.11 Å². The molecule has 0 aromatic heterocycles. The number of rotatable bonds is 11. The van der Waals surface area contributed by atoms with Crippen LogP contribution in [0.4, 0.5) is 0 Å². The third-order valence-corrected chi connectivity index (χ3v) is 2.64. The number of hydrogen-bond donors (Lipinski definition) is 0. The van der Waals surface area contributed by atoms with Crippen molar-refractivity contribution in [2.75, 3.05) is 0 Å². The van der Waals surface area contributed by atoms with Gasteiger partial charge in [0.2, 0.25) is 0 Å². The molecule has 0 fully saturated rings. The molecule has 94 valence electrons. The van der Waals surface area contributed by atoms with Gasteiger partial charge in [-0.15, -0.1) is 0 Å². The van der Waals surface area contributed by atoms with Crippen molar-refractivity contribution in [1.29, 1.82) is 0 Å². The average molecular weight is 225 g/mol. The van der Waals surface area contributed by atoms with Gasteiger partial charge in [0.25, 0.3) is 0 Å². The fourth-order valence-corrected chi connectivity index (χ4v) is 1.62. The average Bonchev–Trinajstić information content (AvgIpc) is 2.25. The first-order chi connectivity index (χ1) is 7.77. The van der Waals surface area contributed by atoms with Gasteiger partial charge in [0.15, 0.2) is 0 Å². The summed E-state index contributed by atoms with van der Waals surface area (Å²) in [5.74, 6) is -0.918. The largest absolute Gasteiger partial charge is 0.550 e. The van der Waals surface area contributed by atoms with Crippen LogP contribution in [-0.4, -0.2) is 5.97 Å². The maximum Gasteiger partial charge on any atom is 0.0414 e. The van der Waals surface area contributed by atoms with Crippen LogP contribution in [0.2, 0.25) is 0 Å². The van der Waals surface area contributed by atoms with E-state index in [9.17, 15) is 9.90 Å². The van der Waals surface area contributed by atoms with Gasteiger partial charge in [0.05, 0.1) is 0 Å². The molecular formula is C14H25O2-. The van der Waals surface area contributed by atoms with E-state index in [2.05, 4.69) is 19.1 Å². The number of carbonyl (C=O) groups excluding carboxylic acids is 1. The first-order valence-electron chi connectivity index (χ1n) is 6.62. The minimum absolute atomic E-state index is 0.219. The minimum atomic E-state index is -0.918. The second-order valence-corrected chi connectivity index (χ2v) is 4.29. The van der Waals surface area contributed by atoms with Crippen LogP contribution in [0.3, 0.4) is 0 Å². The van der Waals surface area contributed by atoms with Crippen LogP contribution in [0.1, 0.15) is 71.1 Å². The number of carboxylic acids is 1. The van der Waals surface area contributed by atoms with Crippen molar-refractivity contribution in [2.24, 2.45) is 0 Å². The van der Waals surface area contributed by atoms with Gasteiger partial charge < -0.3 is 9.90 Å². The molecule has 2 heteroatoms. The first kappa shape index (κ1) is 15.2. The number of hydrogen-bond acceptors (Lipinski definition) is 2. The predicted molar refractivity (Wildman–Crippen MR) is 66.0 cm³/mol. The van der Waals surface area contributed by atoms with Crippen LogP contribution in [0.25, 0.3) is 0 Å². The molecule has 2 nitrogen and oxygen atoms in total. The van der Waals surface area contributed by atoms with Crippen molar-refractivity contribution < 1.29 is 9.90 Å². The van der Waals surface area contributed by atoms with E-state index in [1.54, 1.807) is 0 Å². The quantitative estimate of drug-likeness (QED) is 0.400. The molecule has 0 aliphatic heterocycles. The second-order valence-electron chi connectivity index (χ2n) is 4.29. The molecule has 0 rings (SSSR count). The van der Waals surface area contributed by atoms with Gasteiger partial charge in [0, 0.05) is 5.97 Å². The van der Waals surface area contributed by atoms with E-state index in [0.29, 0.717) is 0 Å². The summed E-state index contributed by atoms with van der Waals surface area (Å²) in [6.07, 6.45) is 15.1. The number of carboxylic acid groups (broad SMARTS) is 1. The van der Waals surface area contributed by atoms with Gasteiger partial charge in [0.1, 0.15) is 0 Å². The van der Waals surface area contributed by atoms with Crippen molar-refractivity contribution in [3.8, 4) is 0 Å². The lowest BCUT2D eigenvalue weighted by atomic mass is 10.1. The third-order valence-electron chi connectivity index (χ3n) is 2.64. The highest BCUT2D eigenvalue weighted by Gasteiger charge is 1.90. The molecule has 0 bridgehead atoms. The van der Waals surface area contributed by atoms with Gasteiger partial charge in [-0.25, -0.2) is 0 Å². The predicted octanol–water partition coefficient (Wildman–Crippen LogP) is 3.21. The maximum atomic E-state index is 10.1. The van der Waals surface area contributed by atoms with Gasteiger partial charge in [-0.3, -0.25) is 0 Å². The molecule has 0 aromatic rings. The van der Waals surface area contributed by atoms with E-state index in [1.807, 2.05) is 0 Å². The zero-order valence-electron chi connectivity index (χ0n) is 10.5. The molecule has 0 heterocycles. The van der Waals surface area contributed by atoms with Crippen molar-refractivity contribution in [3.63, 3.8) is 0 Å². The molecule has 0 radical (unpaired) electrons. The molecule has 0 aromatic carbocycles. The van der Waals surface area contributed by atoms with E-state index in [0.717, 1.165) is 19.3 Å². The Bertz CT molecular complexity index is 185. The van der Waals surface area contributed by atoms with Crippen LogP contribution >= 0.6 is 0 Å². The Balaban J connectivity index is 3.03. The monoisotopic (exact) mass is 225 g/mol. The highest BCUT2D eigenvalue weighted by molar-refractivity contribution is 5.63. The Morgan fingerprint density at radius 3 is 2.12 bits per heavy atom. The summed E-state index contributed by atoms with van der Waals surface area (Å²) in [6.45, 7) is 2.21. The zero-order chi connectivity index (χ0) is 12.1. The lowest BCUT2D eigenvalue weighted by Gasteiger charge is -2.01. The third kappa shape index (κ3) is 13.2. The lowest BCUT2D eigenvalue weighted by molar-refractivity contribution is -0.305. The molecule has 0 aliphatic rings. The van der Waals surface area contributed by atoms with Crippen LogP contribution in [0.5, 0.6) is 0 Å². The van der Waals surface area contributed by atoms with E-state index in [1.165, 1.54) is 38.5 Å². The summed E-state index contributed by atoms with van der Waals surface area (Å²) in [7, 11) is 0. The van der Waals surface area contributed by atoms with Gasteiger partial charge in [-0.05, 0) is 32.1 Å². The molecule has 0 saturated carbocycles. The Hall–Kier alpha value is -0.790. The van der Waals surface area contributed by atoms with E-state index < -0.39 is 5.97 Å². The molecule has 0 saturated heterocycles. The summed E-state index contributed by atoms with van der Waals surface area (Å²) in [4.78, 5) is 10.1. The Morgan fingerprint density at radius 2 is 1.50 bits per heavy atom. The lowest BCUT2D eigenvalue weighted by Crippen LogP contribution is -2.21. The summed E-state index contributed by atoms with van der Waals surface area (Å²) in [5.41, 5.74) is 0. The van der Waals surface area contributed by atoms with Crippen molar-refractivity contribution in [1.82, 2.24) is 0 Å². The van der Waals surface area contributed by atoms with Crippen LogP contribution in [-0.2, 0) is 4.79 Å². The maximum absolute atomic E-state index is 10.1. The number of aliphatic carboxylic acids is 1. The number of unbranched alkanes of at least 4 members (excludes halogenated alkanes) is 7. The highest BCUT2D eigenvalue weighted by Crippen LogP contribution is 2.07. The summed E-state index contributed by atoms with van der Waals surface area (Å²) >= 11 is 0. The van der Waals surface area contributed by atoms with Gasteiger partial charge in [-0.1, -0.05) is 51.2 Å². The van der Waals surface area contributed by atoms with Crippen LogP contribution in [0, 0.1) is 0 Å². The van der Waals surface area contributed by atoms with Crippen LogP contribution in [0.15, 0.2) is 12.2 Å². The minimum Gasteiger partial charge on any atom is -0.550 e. The molecule has 0 spiro atoms. The smallest absolute Gasteiger partial charge is 0.0414 e. The van der Waals surface area contributed by atoms with Crippen molar-refractivity contribution in [3.05, 3.63) is 12.2 Å².